The highest BCUT2D eigenvalue weighted by Crippen LogP contribution is 2.23. The number of H-pyrrole nitrogens is 1. The summed E-state index contributed by atoms with van der Waals surface area (Å²) < 4.78 is 14.5. The molecule has 1 aromatic carbocycles. The van der Waals surface area contributed by atoms with Crippen LogP contribution in [0.15, 0.2) is 29.1 Å². The molecule has 140 valence electrons. The fraction of sp³-hybridized carbons (Fsp3) is 0.500. The first-order valence-electron chi connectivity index (χ1n) is 9.30. The van der Waals surface area contributed by atoms with Crippen molar-refractivity contribution in [2.24, 2.45) is 5.92 Å². The van der Waals surface area contributed by atoms with E-state index >= 15 is 0 Å². The number of carbonyl (C=O) groups excluding carboxylic acids is 1. The van der Waals surface area contributed by atoms with E-state index in [0.29, 0.717) is 24.1 Å². The molecule has 2 aromatic rings. The van der Waals surface area contributed by atoms with Crippen molar-refractivity contribution in [3.05, 3.63) is 51.7 Å². The minimum absolute atomic E-state index is 0.00196. The van der Waals surface area contributed by atoms with E-state index in [-0.39, 0.29) is 23.3 Å². The number of rotatable bonds is 5. The van der Waals surface area contributed by atoms with Gasteiger partial charge in [0, 0.05) is 23.7 Å². The molecule has 2 N–H and O–H groups in total. The van der Waals surface area contributed by atoms with Gasteiger partial charge in [0.25, 0.3) is 5.56 Å². The van der Waals surface area contributed by atoms with Crippen molar-refractivity contribution < 1.29 is 9.18 Å². The third-order valence-electron chi connectivity index (χ3n) is 5.26. The van der Waals surface area contributed by atoms with Crippen LogP contribution in [0, 0.1) is 18.7 Å². The normalized spacial score (nSPS) is 20.1. The molecular formula is C20H26FN3O2. The number of carbonyl (C=O) groups is 1. The minimum atomic E-state index is -0.348. The summed E-state index contributed by atoms with van der Waals surface area (Å²) in [4.78, 5) is 24.9. The van der Waals surface area contributed by atoms with E-state index in [1.54, 1.807) is 12.1 Å². The number of nitrogens with zero attached hydrogens (tertiary/aromatic N) is 1. The Morgan fingerprint density at radius 2 is 1.88 bits per heavy atom. The molecule has 0 aliphatic heterocycles. The van der Waals surface area contributed by atoms with Crippen molar-refractivity contribution in [1.29, 1.82) is 0 Å². The summed E-state index contributed by atoms with van der Waals surface area (Å²) in [5.41, 5.74) is 1.72. The quantitative estimate of drug-likeness (QED) is 0.861. The van der Waals surface area contributed by atoms with Crippen LogP contribution in [0.2, 0.25) is 0 Å². The molecule has 0 atom stereocenters. The summed E-state index contributed by atoms with van der Waals surface area (Å²) in [6.07, 6.45) is 5.07. The maximum Gasteiger partial charge on any atom is 0.274 e. The lowest BCUT2D eigenvalue weighted by atomic mass is 9.87. The number of aromatic amines is 1. The van der Waals surface area contributed by atoms with Crippen LogP contribution in [-0.4, -0.2) is 21.7 Å². The molecule has 26 heavy (non-hydrogen) atoms. The summed E-state index contributed by atoms with van der Waals surface area (Å²) in [6.45, 7) is 4.07. The molecule has 1 aromatic heterocycles. The Kier molecular flexibility index (Phi) is 5.59. The van der Waals surface area contributed by atoms with Crippen LogP contribution in [0.4, 0.5) is 4.39 Å². The van der Waals surface area contributed by atoms with Crippen molar-refractivity contribution in [1.82, 2.24) is 15.1 Å². The molecule has 0 unspecified atom stereocenters. The Morgan fingerprint density at radius 3 is 2.54 bits per heavy atom. The second-order valence-corrected chi connectivity index (χ2v) is 7.36. The molecule has 0 spiro atoms. The van der Waals surface area contributed by atoms with Gasteiger partial charge < -0.3 is 5.32 Å². The second-order valence-electron chi connectivity index (χ2n) is 7.36. The zero-order valence-corrected chi connectivity index (χ0v) is 15.3. The van der Waals surface area contributed by atoms with Crippen molar-refractivity contribution in [2.75, 3.05) is 0 Å². The van der Waals surface area contributed by atoms with Crippen LogP contribution in [-0.2, 0) is 11.2 Å². The smallest absolute Gasteiger partial charge is 0.274 e. The van der Waals surface area contributed by atoms with Gasteiger partial charge in [-0.3, -0.25) is 14.7 Å². The summed E-state index contributed by atoms with van der Waals surface area (Å²) in [5.74, 6) is 0.396. The molecule has 0 bridgehead atoms. The molecule has 0 radical (unpaired) electrons. The van der Waals surface area contributed by atoms with Crippen molar-refractivity contribution in [3.8, 4) is 5.69 Å². The van der Waals surface area contributed by atoms with Crippen molar-refractivity contribution in [3.63, 3.8) is 0 Å². The highest BCUT2D eigenvalue weighted by Gasteiger charge is 2.20. The van der Waals surface area contributed by atoms with Crippen molar-refractivity contribution in [2.45, 2.75) is 58.4 Å². The minimum Gasteiger partial charge on any atom is -0.353 e. The van der Waals surface area contributed by atoms with Gasteiger partial charge in [-0.2, -0.15) is 0 Å². The van der Waals surface area contributed by atoms with Gasteiger partial charge in [-0.25, -0.2) is 9.07 Å². The fourth-order valence-electron chi connectivity index (χ4n) is 3.59. The summed E-state index contributed by atoms with van der Waals surface area (Å²) in [6, 6.07) is 5.99. The third kappa shape index (κ3) is 4.23. The Bertz CT molecular complexity index is 815. The Hall–Kier alpha value is -2.37. The summed E-state index contributed by atoms with van der Waals surface area (Å²) in [7, 11) is 0. The predicted octanol–water partition coefficient (Wildman–Crippen LogP) is 3.24. The maximum atomic E-state index is 13.1. The monoisotopic (exact) mass is 359 g/mol. The maximum absolute atomic E-state index is 13.1. The first-order chi connectivity index (χ1) is 12.4. The standard InChI is InChI=1S/C20H26FN3O2/c1-13-3-7-16(8-4-13)22-19(25)12-11-18-14(2)23-24(20(18)26)17-9-5-15(21)6-10-17/h5-6,9-10,13,16,23H,3-4,7-8,11-12H2,1-2H3,(H,22,25). The van der Waals surface area contributed by atoms with Gasteiger partial charge in [0.2, 0.25) is 5.91 Å². The molecule has 1 fully saturated rings. The van der Waals surface area contributed by atoms with E-state index in [9.17, 15) is 14.0 Å². The second kappa shape index (κ2) is 7.89. The SMILES string of the molecule is Cc1[nH]n(-c2ccc(F)cc2)c(=O)c1CCC(=O)NC1CCC(C)CC1. The Morgan fingerprint density at radius 1 is 1.23 bits per heavy atom. The number of aryl methyl sites for hydroxylation is 1. The van der Waals surface area contributed by atoms with E-state index in [0.717, 1.165) is 37.3 Å². The van der Waals surface area contributed by atoms with Crippen LogP contribution in [0.5, 0.6) is 0 Å². The van der Waals surface area contributed by atoms with E-state index in [4.69, 9.17) is 0 Å². The molecule has 1 saturated carbocycles. The van der Waals surface area contributed by atoms with Crippen LogP contribution in [0.25, 0.3) is 5.69 Å². The van der Waals surface area contributed by atoms with Gasteiger partial charge in [-0.05, 0) is 69.2 Å². The molecule has 1 amide bonds. The van der Waals surface area contributed by atoms with Gasteiger partial charge in [0.15, 0.2) is 0 Å². The van der Waals surface area contributed by atoms with Crippen LogP contribution in [0.3, 0.4) is 0 Å². The van der Waals surface area contributed by atoms with E-state index in [2.05, 4.69) is 17.3 Å². The third-order valence-corrected chi connectivity index (χ3v) is 5.26. The largest absolute Gasteiger partial charge is 0.353 e. The first kappa shape index (κ1) is 18.4. The lowest BCUT2D eigenvalue weighted by molar-refractivity contribution is -0.122. The van der Waals surface area contributed by atoms with E-state index in [1.165, 1.54) is 16.8 Å². The molecule has 1 aliphatic carbocycles. The van der Waals surface area contributed by atoms with Crippen LogP contribution < -0.4 is 10.9 Å². The molecule has 5 nitrogen and oxygen atoms in total. The summed E-state index contributed by atoms with van der Waals surface area (Å²) in [5, 5.41) is 6.10. The molecule has 0 saturated heterocycles. The molecule has 1 heterocycles. The number of hydrogen-bond donors (Lipinski definition) is 2. The zero-order valence-electron chi connectivity index (χ0n) is 15.3. The highest BCUT2D eigenvalue weighted by molar-refractivity contribution is 5.76. The van der Waals surface area contributed by atoms with Crippen LogP contribution >= 0.6 is 0 Å². The number of hydrogen-bond acceptors (Lipinski definition) is 2. The van der Waals surface area contributed by atoms with Gasteiger partial charge in [0.1, 0.15) is 5.82 Å². The van der Waals surface area contributed by atoms with E-state index in [1.807, 2.05) is 6.92 Å². The van der Waals surface area contributed by atoms with Gasteiger partial charge in [-0.1, -0.05) is 6.92 Å². The molecule has 6 heteroatoms. The number of aromatic nitrogens is 2. The predicted molar refractivity (Wildman–Crippen MR) is 99.0 cm³/mol. The summed E-state index contributed by atoms with van der Waals surface area (Å²) >= 11 is 0. The Balaban J connectivity index is 1.62. The number of amides is 1. The first-order valence-corrected chi connectivity index (χ1v) is 9.30. The lowest BCUT2D eigenvalue weighted by Gasteiger charge is -2.26. The number of nitrogens with one attached hydrogen (secondary N) is 2. The Labute approximate surface area is 152 Å². The molecule has 3 rings (SSSR count). The van der Waals surface area contributed by atoms with Gasteiger partial charge >= 0.3 is 0 Å². The van der Waals surface area contributed by atoms with Gasteiger partial charge in [-0.15, -0.1) is 0 Å². The molecule has 1 aliphatic rings. The molecular weight excluding hydrogens is 333 g/mol. The lowest BCUT2D eigenvalue weighted by Crippen LogP contribution is -2.37. The average Bonchev–Trinajstić information content (AvgIpc) is 2.90. The van der Waals surface area contributed by atoms with Gasteiger partial charge in [0.05, 0.1) is 5.69 Å². The van der Waals surface area contributed by atoms with Crippen LogP contribution in [0.1, 0.15) is 50.3 Å². The number of halogens is 1. The zero-order chi connectivity index (χ0) is 18.7. The average molecular weight is 359 g/mol. The topological polar surface area (TPSA) is 66.9 Å². The van der Waals surface area contributed by atoms with Crippen molar-refractivity contribution >= 4 is 5.91 Å². The number of benzene rings is 1. The highest BCUT2D eigenvalue weighted by atomic mass is 19.1. The fourth-order valence-corrected chi connectivity index (χ4v) is 3.59. The van der Waals surface area contributed by atoms with E-state index < -0.39 is 0 Å².